The van der Waals surface area contributed by atoms with E-state index >= 15 is 0 Å². The molecule has 0 unspecified atom stereocenters. The number of hydrogen-bond acceptors (Lipinski definition) is 3. The molecule has 17 heavy (non-hydrogen) atoms. The minimum Gasteiger partial charge on any atom is -0.370 e. The fraction of sp³-hybridized carbons (Fsp3) is 0.571. The second-order valence-corrected chi connectivity index (χ2v) is 4.17. The average molecular weight is 234 g/mol. The molecule has 0 saturated carbocycles. The Balaban J connectivity index is 2.80. The minimum absolute atomic E-state index is 0.106. The quantitative estimate of drug-likeness (QED) is 0.679. The van der Waals surface area contributed by atoms with Crippen molar-refractivity contribution in [1.82, 2.24) is 4.98 Å². The van der Waals surface area contributed by atoms with Gasteiger partial charge in [0.25, 0.3) is 0 Å². The van der Waals surface area contributed by atoms with Crippen molar-refractivity contribution in [2.45, 2.75) is 40.0 Å². The number of Topliss-reactive ketones (excluding diaryl/α,β-unsaturated/α-hetero) is 1. The van der Waals surface area contributed by atoms with E-state index in [4.69, 9.17) is 0 Å². The number of ketones is 1. The average Bonchev–Trinajstić information content (AvgIpc) is 2.38. The topological polar surface area (TPSA) is 33.2 Å². The van der Waals surface area contributed by atoms with Crippen LogP contribution in [-0.4, -0.2) is 23.9 Å². The highest BCUT2D eigenvalue weighted by Gasteiger charge is 2.07. The number of pyridine rings is 1. The Labute approximate surface area is 104 Å². The van der Waals surface area contributed by atoms with Gasteiger partial charge in [-0.05, 0) is 25.0 Å². The molecule has 0 aliphatic heterocycles. The molecule has 0 fully saturated rings. The summed E-state index contributed by atoms with van der Waals surface area (Å²) in [7, 11) is 0. The van der Waals surface area contributed by atoms with Crippen molar-refractivity contribution in [2.24, 2.45) is 0 Å². The first kappa shape index (κ1) is 13.7. The molecule has 3 heteroatoms. The lowest BCUT2D eigenvalue weighted by Gasteiger charge is -2.23. The molecule has 0 amide bonds. The third-order valence-corrected chi connectivity index (χ3v) is 2.71. The largest absolute Gasteiger partial charge is 0.370 e. The molecule has 1 aromatic rings. The molecule has 0 aliphatic rings. The molecule has 1 rings (SSSR count). The molecule has 0 atom stereocenters. The number of carbonyl (C=O) groups is 1. The van der Waals surface area contributed by atoms with Crippen molar-refractivity contribution < 1.29 is 4.79 Å². The minimum atomic E-state index is 0.106. The summed E-state index contributed by atoms with van der Waals surface area (Å²) in [6, 6.07) is 3.83. The van der Waals surface area contributed by atoms with Gasteiger partial charge in [-0.25, -0.2) is 0 Å². The zero-order valence-electron chi connectivity index (χ0n) is 11.1. The van der Waals surface area contributed by atoms with Gasteiger partial charge in [0.1, 0.15) is 5.69 Å². The van der Waals surface area contributed by atoms with Crippen LogP contribution in [0.2, 0.25) is 0 Å². The van der Waals surface area contributed by atoms with Crippen LogP contribution in [0.3, 0.4) is 0 Å². The van der Waals surface area contributed by atoms with E-state index < -0.39 is 0 Å². The normalized spacial score (nSPS) is 10.3. The van der Waals surface area contributed by atoms with Crippen molar-refractivity contribution in [3.05, 3.63) is 24.0 Å². The Kier molecular flexibility index (Phi) is 5.67. The highest BCUT2D eigenvalue weighted by atomic mass is 16.1. The standard InChI is InChI=1S/C14H22N2O/c1-4-9-16(10-5-2)12-7-8-13(15-11-12)14(17)6-3/h7-8,11H,4-6,9-10H2,1-3H3. The van der Waals surface area contributed by atoms with E-state index in [1.807, 2.05) is 25.3 Å². The highest BCUT2D eigenvalue weighted by Crippen LogP contribution is 2.14. The summed E-state index contributed by atoms with van der Waals surface area (Å²) in [5, 5.41) is 0. The first-order valence-electron chi connectivity index (χ1n) is 6.47. The maximum Gasteiger partial charge on any atom is 0.180 e. The fourth-order valence-corrected chi connectivity index (χ4v) is 1.83. The second-order valence-electron chi connectivity index (χ2n) is 4.17. The second kappa shape index (κ2) is 7.05. The predicted molar refractivity (Wildman–Crippen MR) is 71.7 cm³/mol. The molecule has 1 heterocycles. The van der Waals surface area contributed by atoms with Crippen LogP contribution in [0.1, 0.15) is 50.5 Å². The molecule has 0 saturated heterocycles. The number of carbonyl (C=O) groups excluding carboxylic acids is 1. The van der Waals surface area contributed by atoms with E-state index in [9.17, 15) is 4.79 Å². The van der Waals surface area contributed by atoms with Gasteiger partial charge in [0.2, 0.25) is 0 Å². The lowest BCUT2D eigenvalue weighted by molar-refractivity contribution is 0.0983. The zero-order valence-corrected chi connectivity index (χ0v) is 11.1. The molecular formula is C14H22N2O. The Morgan fingerprint density at radius 1 is 1.18 bits per heavy atom. The van der Waals surface area contributed by atoms with E-state index in [1.165, 1.54) is 0 Å². The molecular weight excluding hydrogens is 212 g/mol. The number of nitrogens with zero attached hydrogens (tertiary/aromatic N) is 2. The molecule has 0 spiro atoms. The van der Waals surface area contributed by atoms with Gasteiger partial charge in [-0.2, -0.15) is 0 Å². The predicted octanol–water partition coefficient (Wildman–Crippen LogP) is 3.30. The van der Waals surface area contributed by atoms with Crippen molar-refractivity contribution in [1.29, 1.82) is 0 Å². The van der Waals surface area contributed by atoms with Gasteiger partial charge in [-0.15, -0.1) is 0 Å². The Hall–Kier alpha value is -1.38. The summed E-state index contributed by atoms with van der Waals surface area (Å²) in [5.41, 5.74) is 1.69. The number of aromatic nitrogens is 1. The smallest absolute Gasteiger partial charge is 0.180 e. The van der Waals surface area contributed by atoms with Gasteiger partial charge in [-0.3, -0.25) is 9.78 Å². The van der Waals surface area contributed by atoms with E-state index in [0.29, 0.717) is 12.1 Å². The van der Waals surface area contributed by atoms with E-state index in [-0.39, 0.29) is 5.78 Å². The van der Waals surface area contributed by atoms with E-state index in [1.54, 1.807) is 0 Å². The monoisotopic (exact) mass is 234 g/mol. The summed E-state index contributed by atoms with van der Waals surface area (Å²) in [5.74, 6) is 0.106. The van der Waals surface area contributed by atoms with Crippen LogP contribution >= 0.6 is 0 Å². The number of anilines is 1. The Morgan fingerprint density at radius 3 is 2.24 bits per heavy atom. The van der Waals surface area contributed by atoms with Crippen molar-refractivity contribution in [2.75, 3.05) is 18.0 Å². The van der Waals surface area contributed by atoms with Gasteiger partial charge in [-0.1, -0.05) is 20.8 Å². The van der Waals surface area contributed by atoms with Gasteiger partial charge in [0.15, 0.2) is 5.78 Å². The first-order chi connectivity index (χ1) is 8.22. The van der Waals surface area contributed by atoms with Crippen molar-refractivity contribution >= 4 is 11.5 Å². The van der Waals surface area contributed by atoms with Crippen LogP contribution < -0.4 is 4.90 Å². The Bertz CT molecular complexity index is 340. The summed E-state index contributed by atoms with van der Waals surface area (Å²) in [6.45, 7) is 8.28. The molecule has 0 aliphatic carbocycles. The molecule has 0 radical (unpaired) electrons. The maximum atomic E-state index is 11.5. The molecule has 3 nitrogen and oxygen atoms in total. The molecule has 0 bridgehead atoms. The molecule has 94 valence electrons. The van der Waals surface area contributed by atoms with E-state index in [0.717, 1.165) is 31.6 Å². The van der Waals surface area contributed by atoms with Crippen LogP contribution in [0.5, 0.6) is 0 Å². The van der Waals surface area contributed by atoms with Gasteiger partial charge >= 0.3 is 0 Å². The maximum absolute atomic E-state index is 11.5. The molecule has 1 aromatic heterocycles. The lowest BCUT2D eigenvalue weighted by atomic mass is 10.2. The van der Waals surface area contributed by atoms with Gasteiger partial charge in [0, 0.05) is 19.5 Å². The summed E-state index contributed by atoms with van der Waals surface area (Å²) >= 11 is 0. The van der Waals surface area contributed by atoms with Crippen LogP contribution in [-0.2, 0) is 0 Å². The zero-order chi connectivity index (χ0) is 12.7. The SMILES string of the molecule is CCCN(CCC)c1ccc(C(=O)CC)nc1. The van der Waals surface area contributed by atoms with Crippen molar-refractivity contribution in [3.63, 3.8) is 0 Å². The van der Waals surface area contributed by atoms with Gasteiger partial charge in [0.05, 0.1) is 11.9 Å². The third kappa shape index (κ3) is 3.84. The molecule has 0 N–H and O–H groups in total. The molecule has 0 aromatic carbocycles. The number of hydrogen-bond donors (Lipinski definition) is 0. The van der Waals surface area contributed by atoms with Crippen molar-refractivity contribution in [3.8, 4) is 0 Å². The van der Waals surface area contributed by atoms with Crippen LogP contribution in [0, 0.1) is 0 Å². The highest BCUT2D eigenvalue weighted by molar-refractivity contribution is 5.94. The summed E-state index contributed by atoms with van der Waals surface area (Å²) in [6.07, 6.45) is 4.57. The third-order valence-electron chi connectivity index (χ3n) is 2.71. The van der Waals surface area contributed by atoms with Crippen LogP contribution in [0.25, 0.3) is 0 Å². The Morgan fingerprint density at radius 2 is 1.82 bits per heavy atom. The summed E-state index contributed by atoms with van der Waals surface area (Å²) < 4.78 is 0. The van der Waals surface area contributed by atoms with Crippen LogP contribution in [0.15, 0.2) is 18.3 Å². The fourth-order valence-electron chi connectivity index (χ4n) is 1.83. The number of rotatable bonds is 7. The summed E-state index contributed by atoms with van der Waals surface area (Å²) in [4.78, 5) is 18.0. The first-order valence-corrected chi connectivity index (χ1v) is 6.47. The van der Waals surface area contributed by atoms with Gasteiger partial charge < -0.3 is 4.90 Å². The van der Waals surface area contributed by atoms with E-state index in [2.05, 4.69) is 23.7 Å². The lowest BCUT2D eigenvalue weighted by Crippen LogP contribution is -2.25. The van der Waals surface area contributed by atoms with Crippen LogP contribution in [0.4, 0.5) is 5.69 Å².